The van der Waals surface area contributed by atoms with Gasteiger partial charge in [0.15, 0.2) is 0 Å². The van der Waals surface area contributed by atoms with Gasteiger partial charge in [-0.25, -0.2) is 9.59 Å². The van der Waals surface area contributed by atoms with E-state index in [1.54, 1.807) is 0 Å². The molecule has 198 valence electrons. The third kappa shape index (κ3) is 4.63. The van der Waals surface area contributed by atoms with Crippen LogP contribution in [0.4, 0.5) is 5.69 Å². The third-order valence-electron chi connectivity index (χ3n) is 6.27. The Hall–Kier alpha value is -5.25. The van der Waals surface area contributed by atoms with Crippen LogP contribution in [0.3, 0.4) is 0 Å². The molecule has 3 aromatic rings. The maximum atomic E-state index is 12.8. The molecule has 0 spiro atoms. The van der Waals surface area contributed by atoms with E-state index < -0.39 is 23.7 Å². The number of rotatable bonds is 6. The molecule has 0 amide bonds. The largest absolute Gasteiger partial charge is 0.492 e. The Balaban J connectivity index is 1.73. The van der Waals surface area contributed by atoms with Crippen LogP contribution in [-0.2, 0) is 0 Å². The maximum absolute atomic E-state index is 12.8. The van der Waals surface area contributed by atoms with Crippen molar-refractivity contribution < 1.29 is 34.2 Å². The van der Waals surface area contributed by atoms with Gasteiger partial charge in [0.2, 0.25) is 11.8 Å². The number of aromatic nitrogens is 1. The van der Waals surface area contributed by atoms with E-state index >= 15 is 0 Å². The van der Waals surface area contributed by atoms with Crippen LogP contribution in [0.5, 0.6) is 11.8 Å². The minimum atomic E-state index is -1.25. The SMILES string of the molecule is CCN=c1ccc2c(-c3ccc(C(=O)On4c(O)ccc4O)cc3C(=O)O)c3ccc(N(C)C)cc3oc-2c1. The first-order chi connectivity index (χ1) is 18.7. The first kappa shape index (κ1) is 25.4. The van der Waals surface area contributed by atoms with E-state index in [0.717, 1.165) is 23.2 Å². The standard InChI is InChI=1S/C29H25N3O7/c1-4-30-17-6-9-20-23(14-17)38-24-15-18(31(2)3)7-10-21(24)27(20)19-8-5-16(13-22(19)28(35)36)29(37)39-32-25(33)11-12-26(32)34/h5-15,33-34H,4H2,1-3H3,(H,35,36). The van der Waals surface area contributed by atoms with Crippen LogP contribution < -0.4 is 15.1 Å². The lowest BCUT2D eigenvalue weighted by molar-refractivity contribution is 0.0381. The average Bonchev–Trinajstić information content (AvgIpc) is 3.23. The number of aromatic carboxylic acids is 1. The Labute approximate surface area is 222 Å². The highest BCUT2D eigenvalue weighted by atomic mass is 16.7. The van der Waals surface area contributed by atoms with Crippen LogP contribution in [0.2, 0.25) is 0 Å². The number of benzene rings is 3. The molecule has 3 N–H and O–H groups in total. The lowest BCUT2D eigenvalue weighted by atomic mass is 9.90. The summed E-state index contributed by atoms with van der Waals surface area (Å²) in [6.45, 7) is 2.53. The van der Waals surface area contributed by atoms with Gasteiger partial charge in [0.05, 0.1) is 16.5 Å². The summed E-state index contributed by atoms with van der Waals surface area (Å²) in [6, 6.07) is 17.6. The predicted molar refractivity (Wildman–Crippen MR) is 144 cm³/mol. The fourth-order valence-electron chi connectivity index (χ4n) is 4.41. The van der Waals surface area contributed by atoms with Crippen molar-refractivity contribution in [3.05, 3.63) is 83.2 Å². The molecule has 0 bridgehead atoms. The summed E-state index contributed by atoms with van der Waals surface area (Å²) in [5.41, 5.74) is 2.90. The molecule has 10 heteroatoms. The fraction of sp³-hybridized carbons (Fsp3) is 0.138. The van der Waals surface area contributed by atoms with Gasteiger partial charge in [0.25, 0.3) is 0 Å². The van der Waals surface area contributed by atoms with Gasteiger partial charge < -0.3 is 29.5 Å². The summed E-state index contributed by atoms with van der Waals surface area (Å²) in [4.78, 5) is 36.7. The zero-order chi connectivity index (χ0) is 27.8. The van der Waals surface area contributed by atoms with Crippen molar-refractivity contribution in [2.24, 2.45) is 4.99 Å². The number of anilines is 1. The summed E-state index contributed by atoms with van der Waals surface area (Å²) < 4.78 is 6.81. The van der Waals surface area contributed by atoms with Gasteiger partial charge in [-0.1, -0.05) is 6.07 Å². The summed E-state index contributed by atoms with van der Waals surface area (Å²) in [5.74, 6) is -2.68. The Morgan fingerprint density at radius 2 is 1.67 bits per heavy atom. The van der Waals surface area contributed by atoms with Crippen molar-refractivity contribution in [3.8, 4) is 34.2 Å². The van der Waals surface area contributed by atoms with Crippen molar-refractivity contribution in [2.45, 2.75) is 6.92 Å². The van der Waals surface area contributed by atoms with Crippen LogP contribution in [0.25, 0.3) is 33.4 Å². The van der Waals surface area contributed by atoms with Crippen molar-refractivity contribution >= 4 is 28.6 Å². The molecule has 0 saturated carbocycles. The monoisotopic (exact) mass is 527 g/mol. The number of carbonyl (C=O) groups excluding carboxylic acids is 1. The van der Waals surface area contributed by atoms with Gasteiger partial charge in [0, 0.05) is 67.1 Å². The second-order valence-corrected chi connectivity index (χ2v) is 9.00. The molecular weight excluding hydrogens is 502 g/mol. The van der Waals surface area contributed by atoms with Gasteiger partial charge in [-0.15, -0.1) is 4.73 Å². The van der Waals surface area contributed by atoms with Crippen LogP contribution >= 0.6 is 0 Å². The highest BCUT2D eigenvalue weighted by molar-refractivity contribution is 6.09. The first-order valence-corrected chi connectivity index (χ1v) is 12.1. The molecule has 39 heavy (non-hydrogen) atoms. The zero-order valence-corrected chi connectivity index (χ0v) is 21.4. The maximum Gasteiger partial charge on any atom is 0.363 e. The van der Waals surface area contributed by atoms with E-state index in [1.165, 1.54) is 18.2 Å². The number of carbonyl (C=O) groups is 2. The van der Waals surface area contributed by atoms with E-state index in [1.807, 2.05) is 62.3 Å². The van der Waals surface area contributed by atoms with Crippen molar-refractivity contribution in [2.75, 3.05) is 25.5 Å². The van der Waals surface area contributed by atoms with Crippen LogP contribution in [-0.4, -0.2) is 52.6 Å². The van der Waals surface area contributed by atoms with Crippen LogP contribution in [0.1, 0.15) is 27.6 Å². The number of aromatic hydroxyl groups is 2. The van der Waals surface area contributed by atoms with E-state index in [-0.39, 0.29) is 11.1 Å². The minimum absolute atomic E-state index is 0.0863. The van der Waals surface area contributed by atoms with E-state index in [2.05, 4.69) is 4.99 Å². The molecule has 0 radical (unpaired) electrons. The molecule has 1 aliphatic carbocycles. The molecule has 0 atom stereocenters. The number of hydrogen-bond donors (Lipinski definition) is 3. The highest BCUT2D eigenvalue weighted by Gasteiger charge is 2.24. The van der Waals surface area contributed by atoms with Crippen molar-refractivity contribution in [1.29, 1.82) is 0 Å². The molecule has 10 nitrogen and oxygen atoms in total. The van der Waals surface area contributed by atoms with Gasteiger partial charge in [0.1, 0.15) is 11.3 Å². The van der Waals surface area contributed by atoms with Crippen LogP contribution in [0.15, 0.2) is 76.1 Å². The van der Waals surface area contributed by atoms with Crippen molar-refractivity contribution in [3.63, 3.8) is 0 Å². The number of fused-ring (bicyclic) bond motifs is 2. The average molecular weight is 528 g/mol. The van der Waals surface area contributed by atoms with Gasteiger partial charge in [-0.05, 0) is 48.9 Å². The van der Waals surface area contributed by atoms with Gasteiger partial charge in [-0.3, -0.25) is 4.99 Å². The van der Waals surface area contributed by atoms with E-state index in [4.69, 9.17) is 9.25 Å². The summed E-state index contributed by atoms with van der Waals surface area (Å²) in [7, 11) is 3.82. The lowest BCUT2D eigenvalue weighted by Crippen LogP contribution is -2.19. The fourth-order valence-corrected chi connectivity index (χ4v) is 4.41. The molecular formula is C29H25N3O7. The predicted octanol–water partition coefficient (Wildman–Crippen LogP) is 4.37. The van der Waals surface area contributed by atoms with E-state index in [9.17, 15) is 24.9 Å². The Bertz CT molecular complexity index is 1760. The van der Waals surface area contributed by atoms with E-state index in [0.29, 0.717) is 44.7 Å². The Kier molecular flexibility index (Phi) is 6.45. The molecule has 5 rings (SSSR count). The first-order valence-electron chi connectivity index (χ1n) is 12.1. The third-order valence-corrected chi connectivity index (χ3v) is 6.27. The lowest BCUT2D eigenvalue weighted by Gasteiger charge is -2.19. The molecule has 0 fully saturated rings. The van der Waals surface area contributed by atoms with Crippen molar-refractivity contribution in [1.82, 2.24) is 4.73 Å². The van der Waals surface area contributed by atoms with Crippen LogP contribution in [0, 0.1) is 0 Å². The second kappa shape index (κ2) is 9.90. The zero-order valence-electron chi connectivity index (χ0n) is 21.4. The molecule has 2 aromatic carbocycles. The quantitative estimate of drug-likeness (QED) is 0.277. The molecule has 2 aliphatic rings. The second-order valence-electron chi connectivity index (χ2n) is 9.00. The molecule has 1 aromatic heterocycles. The van der Waals surface area contributed by atoms with Gasteiger partial charge in [-0.2, -0.15) is 0 Å². The molecule has 0 saturated heterocycles. The summed E-state index contributed by atoms with van der Waals surface area (Å²) >= 11 is 0. The smallest absolute Gasteiger partial charge is 0.363 e. The van der Waals surface area contributed by atoms with Gasteiger partial charge >= 0.3 is 11.9 Å². The summed E-state index contributed by atoms with van der Waals surface area (Å²) in [5, 5.41) is 31.2. The molecule has 1 aliphatic heterocycles. The highest BCUT2D eigenvalue weighted by Crippen LogP contribution is 2.42. The minimum Gasteiger partial charge on any atom is -0.492 e. The topological polar surface area (TPSA) is 138 Å². The number of nitrogens with zero attached hydrogens (tertiary/aromatic N) is 3. The Morgan fingerprint density at radius 3 is 2.33 bits per heavy atom. The molecule has 0 unspecified atom stereocenters. The number of carboxylic acids is 1. The summed E-state index contributed by atoms with van der Waals surface area (Å²) in [6.07, 6.45) is 0. The Morgan fingerprint density at radius 1 is 0.949 bits per heavy atom. The normalized spacial score (nSPS) is 11.7. The molecule has 2 heterocycles. The number of carboxylic acid groups (broad SMARTS) is 1. The number of hydrogen-bond acceptors (Lipinski definition) is 8.